The van der Waals surface area contributed by atoms with Crippen LogP contribution in [0.5, 0.6) is 11.5 Å². The van der Waals surface area contributed by atoms with Gasteiger partial charge in [-0.3, -0.25) is 0 Å². The Morgan fingerprint density at radius 1 is 0.409 bits per heavy atom. The predicted octanol–water partition coefficient (Wildman–Crippen LogP) is 28.8. The molecule has 2 unspecified atom stereocenters. The molecule has 504 valence electrons. The van der Waals surface area contributed by atoms with Crippen LogP contribution < -0.4 is 9.47 Å². The SMILES string of the molecule is CCCCCCCCC(CCCCCC)COc1ccc(-c2c3cc(-c4sc(-c5c(F)c(F)c(-c6cc(CCCCCC)cs6)c6nsnc56)cc4CCCCCC)sc3c(-c3ccc(OCC(CCCCCC)CCCCCCCC)cc3F)c3ccsc23)c(F)c1. The molecule has 9 aromatic rings. The maximum atomic E-state index is 17.5. The van der Waals surface area contributed by atoms with Crippen LogP contribution in [0.1, 0.15) is 258 Å². The minimum absolute atomic E-state index is 0.120. The number of thiophene rings is 4. The number of ether oxygens (including phenoxy) is 2. The highest BCUT2D eigenvalue weighted by Crippen LogP contribution is 2.54. The summed E-state index contributed by atoms with van der Waals surface area (Å²) < 4.78 is 93.6. The smallest absolute Gasteiger partial charge is 0.170 e. The van der Waals surface area contributed by atoms with E-state index in [1.807, 2.05) is 47.8 Å². The Morgan fingerprint density at radius 3 is 1.39 bits per heavy atom. The van der Waals surface area contributed by atoms with E-state index in [0.29, 0.717) is 68.5 Å². The highest BCUT2D eigenvalue weighted by molar-refractivity contribution is 7.28. The summed E-state index contributed by atoms with van der Waals surface area (Å²) in [6.07, 6.45) is 39.3. The highest BCUT2D eigenvalue weighted by Gasteiger charge is 2.30. The maximum absolute atomic E-state index is 17.5. The average Bonchev–Trinajstić information content (AvgIpc) is 1.63. The average molecular weight is 1360 g/mol. The Kier molecular flexibility index (Phi) is 29.9. The van der Waals surface area contributed by atoms with Crippen molar-refractivity contribution in [3.63, 3.8) is 0 Å². The van der Waals surface area contributed by atoms with Crippen molar-refractivity contribution in [2.75, 3.05) is 13.2 Å². The number of nitrogens with zero attached hydrogens (tertiary/aromatic N) is 2. The van der Waals surface area contributed by atoms with Gasteiger partial charge in [0.05, 0.1) is 36.1 Å². The summed E-state index contributed by atoms with van der Waals surface area (Å²) in [7, 11) is 0. The summed E-state index contributed by atoms with van der Waals surface area (Å²) in [6.45, 7) is 14.5. The van der Waals surface area contributed by atoms with Gasteiger partial charge in [-0.05, 0) is 134 Å². The second-order valence-electron chi connectivity index (χ2n) is 26.5. The molecule has 5 heterocycles. The molecule has 0 bridgehead atoms. The lowest BCUT2D eigenvalue weighted by Crippen LogP contribution is -2.13. The molecular formula is C80H104F4N2O2S5. The third-order valence-corrected chi connectivity index (χ3v) is 24.0. The third-order valence-electron chi connectivity index (χ3n) is 19.0. The highest BCUT2D eigenvalue weighted by atomic mass is 32.1. The lowest BCUT2D eigenvalue weighted by molar-refractivity contribution is 0.223. The summed E-state index contributed by atoms with van der Waals surface area (Å²) in [5.41, 5.74) is 5.54. The zero-order valence-corrected chi connectivity index (χ0v) is 60.9. The number of aromatic nitrogens is 2. The number of unbranched alkanes of at least 4 members (excludes halogenated alkanes) is 22. The second kappa shape index (κ2) is 38.3. The monoisotopic (exact) mass is 1360 g/mol. The molecule has 0 aliphatic heterocycles. The van der Waals surface area contributed by atoms with Crippen molar-refractivity contribution in [3.05, 3.63) is 106 Å². The van der Waals surface area contributed by atoms with E-state index in [2.05, 4.69) is 57.4 Å². The first-order valence-corrected chi connectivity index (χ1v) is 40.4. The number of benzene rings is 4. The van der Waals surface area contributed by atoms with Gasteiger partial charge in [0.1, 0.15) is 34.2 Å². The zero-order valence-electron chi connectivity index (χ0n) is 56.8. The van der Waals surface area contributed by atoms with Gasteiger partial charge < -0.3 is 9.47 Å². The molecule has 0 aliphatic carbocycles. The van der Waals surface area contributed by atoms with Gasteiger partial charge in [-0.1, -0.05) is 208 Å². The molecule has 0 N–H and O–H groups in total. The van der Waals surface area contributed by atoms with E-state index in [-0.39, 0.29) is 22.8 Å². The van der Waals surface area contributed by atoms with Gasteiger partial charge in [-0.25, -0.2) is 17.6 Å². The van der Waals surface area contributed by atoms with Crippen molar-refractivity contribution >= 4 is 88.3 Å². The minimum atomic E-state index is -0.930. The Hall–Kier alpha value is -4.66. The van der Waals surface area contributed by atoms with Crippen molar-refractivity contribution in [2.45, 2.75) is 260 Å². The van der Waals surface area contributed by atoms with Crippen molar-refractivity contribution in [2.24, 2.45) is 11.8 Å². The molecule has 4 nitrogen and oxygen atoms in total. The van der Waals surface area contributed by atoms with Gasteiger partial charge in [0.25, 0.3) is 0 Å². The standard InChI is InChI=1S/C80H104F4N2O2S5/c1-7-13-19-25-27-32-37-55(35-29-21-15-9-3)52-87-59-41-43-61(65(81)49-59)70-63-45-46-89-79(63)71(62-44-42-60(50-66(62)82)88-53-56(36-30-22-16-10-4)38-33-28-26-20-14-8-2)64-51-69(92-80(64)70)78-58(40-34-24-18-12-6)48-68(91-78)73-75(84)74(83)72(76-77(73)86-93-85-76)67-47-57(54-90-67)39-31-23-17-11-5/h41-51,54-56H,7-40,52-53H2,1-6H3. The molecule has 4 aromatic carbocycles. The Bertz CT molecular complexity index is 3570. The summed E-state index contributed by atoms with van der Waals surface area (Å²) >= 11 is 6.93. The van der Waals surface area contributed by atoms with Crippen LogP contribution >= 0.6 is 57.1 Å². The number of fused-ring (bicyclic) bond motifs is 3. The van der Waals surface area contributed by atoms with Gasteiger partial charge in [-0.2, -0.15) is 8.75 Å². The molecule has 0 fully saturated rings. The predicted molar refractivity (Wildman–Crippen MR) is 398 cm³/mol. The Labute approximate surface area is 575 Å². The molecule has 0 radical (unpaired) electrons. The minimum Gasteiger partial charge on any atom is -0.493 e. The molecular weight excluding hydrogens is 1260 g/mol. The molecule has 5 aromatic heterocycles. The van der Waals surface area contributed by atoms with Crippen molar-refractivity contribution in [1.29, 1.82) is 0 Å². The van der Waals surface area contributed by atoms with E-state index >= 15 is 17.6 Å². The largest absolute Gasteiger partial charge is 0.493 e. The van der Waals surface area contributed by atoms with Crippen LogP contribution in [0.3, 0.4) is 0 Å². The second-order valence-corrected chi connectivity index (χ2v) is 30.9. The van der Waals surface area contributed by atoms with E-state index in [4.69, 9.17) is 13.8 Å². The molecule has 0 saturated carbocycles. The summed E-state index contributed by atoms with van der Waals surface area (Å²) in [6, 6.07) is 18.9. The van der Waals surface area contributed by atoms with Crippen LogP contribution in [-0.2, 0) is 12.8 Å². The van der Waals surface area contributed by atoms with Crippen LogP contribution in [0.25, 0.3) is 84.1 Å². The number of hydrogen-bond acceptors (Lipinski definition) is 9. The molecule has 93 heavy (non-hydrogen) atoms. The first-order valence-electron chi connectivity index (χ1n) is 36.3. The fourth-order valence-electron chi connectivity index (χ4n) is 13.6. The Balaban J connectivity index is 1.12. The van der Waals surface area contributed by atoms with Gasteiger partial charge in [0, 0.05) is 74.1 Å². The number of rotatable bonds is 45. The number of hydrogen-bond donors (Lipinski definition) is 0. The van der Waals surface area contributed by atoms with Crippen molar-refractivity contribution in [1.82, 2.24) is 8.75 Å². The van der Waals surface area contributed by atoms with Gasteiger partial charge >= 0.3 is 0 Å². The van der Waals surface area contributed by atoms with E-state index in [0.717, 1.165) is 147 Å². The van der Waals surface area contributed by atoms with Crippen LogP contribution in [-0.4, -0.2) is 22.0 Å². The van der Waals surface area contributed by atoms with Gasteiger partial charge in [0.2, 0.25) is 0 Å². The van der Waals surface area contributed by atoms with E-state index in [1.54, 1.807) is 23.5 Å². The summed E-state index contributed by atoms with van der Waals surface area (Å²) in [5, 5.41) is 5.73. The van der Waals surface area contributed by atoms with Crippen LogP contribution in [0.4, 0.5) is 17.6 Å². The van der Waals surface area contributed by atoms with Crippen LogP contribution in [0, 0.1) is 35.1 Å². The fourth-order valence-corrected chi connectivity index (χ4v) is 18.7. The van der Waals surface area contributed by atoms with E-state index < -0.39 is 11.6 Å². The zero-order chi connectivity index (χ0) is 65.3. The Morgan fingerprint density at radius 2 is 0.871 bits per heavy atom. The first kappa shape index (κ1) is 72.6. The van der Waals surface area contributed by atoms with Gasteiger partial charge in [0.15, 0.2) is 11.6 Å². The molecule has 0 spiro atoms. The third kappa shape index (κ3) is 19.6. The molecule has 0 saturated heterocycles. The number of halogens is 4. The maximum Gasteiger partial charge on any atom is 0.170 e. The van der Waals surface area contributed by atoms with E-state index in [9.17, 15) is 0 Å². The number of aryl methyl sites for hydroxylation is 2. The van der Waals surface area contributed by atoms with Crippen LogP contribution in [0.2, 0.25) is 0 Å². The molecule has 0 aliphatic rings. The lowest BCUT2D eigenvalue weighted by Gasteiger charge is -2.19. The summed E-state index contributed by atoms with van der Waals surface area (Å²) in [5.74, 6) is -0.750. The first-order chi connectivity index (χ1) is 45.6. The van der Waals surface area contributed by atoms with Crippen LogP contribution in [0.15, 0.2) is 71.4 Å². The van der Waals surface area contributed by atoms with Gasteiger partial charge in [-0.15, -0.1) is 45.3 Å². The molecule has 13 heteroatoms. The van der Waals surface area contributed by atoms with Crippen molar-refractivity contribution < 1.29 is 27.0 Å². The molecule has 9 rings (SSSR count). The molecule has 2 atom stereocenters. The molecule has 0 amide bonds. The normalized spacial score (nSPS) is 12.6. The topological polar surface area (TPSA) is 44.2 Å². The fraction of sp³-hybridized carbons (Fsp3) is 0.550. The quantitative estimate of drug-likeness (QED) is 0.0282. The van der Waals surface area contributed by atoms with Crippen molar-refractivity contribution in [3.8, 4) is 64.4 Å². The van der Waals surface area contributed by atoms with E-state index in [1.165, 1.54) is 169 Å². The lowest BCUT2D eigenvalue weighted by atomic mass is 9.92. The summed E-state index contributed by atoms with van der Waals surface area (Å²) in [4.78, 5) is 3.05.